The number of rotatable bonds is 8. The Balaban J connectivity index is 3.46. The van der Waals surface area contributed by atoms with Crippen LogP contribution in [0.2, 0.25) is 0 Å². The van der Waals surface area contributed by atoms with Crippen molar-refractivity contribution in [2.45, 2.75) is 64.6 Å². The van der Waals surface area contributed by atoms with Crippen molar-refractivity contribution in [2.24, 2.45) is 0 Å². The standard InChI is InChI=1S/C11H22F3N/c1-3-5-7-10(4-2)15-9-6-8-11(12,13)14/h10,15H,3-9H2,1-2H3. The smallest absolute Gasteiger partial charge is 0.314 e. The number of nitrogens with one attached hydrogen (secondary N) is 1. The van der Waals surface area contributed by atoms with Gasteiger partial charge in [0, 0.05) is 12.5 Å². The number of halogens is 3. The third kappa shape index (κ3) is 10.0. The van der Waals surface area contributed by atoms with Crippen molar-refractivity contribution in [3.63, 3.8) is 0 Å². The first-order valence-corrected chi connectivity index (χ1v) is 5.79. The van der Waals surface area contributed by atoms with E-state index in [1.54, 1.807) is 0 Å². The average Bonchev–Trinajstić information content (AvgIpc) is 2.15. The molecule has 0 heterocycles. The van der Waals surface area contributed by atoms with Gasteiger partial charge in [-0.15, -0.1) is 0 Å². The van der Waals surface area contributed by atoms with Crippen LogP contribution < -0.4 is 5.32 Å². The van der Waals surface area contributed by atoms with E-state index in [2.05, 4.69) is 19.2 Å². The van der Waals surface area contributed by atoms with Gasteiger partial charge in [0.1, 0.15) is 0 Å². The largest absolute Gasteiger partial charge is 0.389 e. The molecule has 0 radical (unpaired) electrons. The van der Waals surface area contributed by atoms with Crippen molar-refractivity contribution < 1.29 is 13.2 Å². The second-order valence-electron chi connectivity index (χ2n) is 3.92. The summed E-state index contributed by atoms with van der Waals surface area (Å²) in [6, 6.07) is 0.387. The molecule has 4 heteroatoms. The fourth-order valence-electron chi connectivity index (χ4n) is 1.50. The first-order valence-electron chi connectivity index (χ1n) is 5.79. The van der Waals surface area contributed by atoms with Gasteiger partial charge in [-0.05, 0) is 25.8 Å². The quantitative estimate of drug-likeness (QED) is 0.618. The molecule has 0 aliphatic heterocycles. The van der Waals surface area contributed by atoms with Crippen LogP contribution >= 0.6 is 0 Å². The van der Waals surface area contributed by atoms with Gasteiger partial charge in [0.2, 0.25) is 0 Å². The molecular formula is C11H22F3N. The maximum absolute atomic E-state index is 11.8. The van der Waals surface area contributed by atoms with E-state index >= 15 is 0 Å². The molecule has 0 saturated carbocycles. The normalized spacial score (nSPS) is 14.2. The van der Waals surface area contributed by atoms with Crippen LogP contribution in [0.5, 0.6) is 0 Å². The summed E-state index contributed by atoms with van der Waals surface area (Å²) in [5.41, 5.74) is 0. The van der Waals surface area contributed by atoms with Crippen LogP contribution in [0.25, 0.3) is 0 Å². The van der Waals surface area contributed by atoms with Crippen LogP contribution in [0.1, 0.15) is 52.4 Å². The topological polar surface area (TPSA) is 12.0 Å². The Bertz CT molecular complexity index is 145. The molecule has 15 heavy (non-hydrogen) atoms. The second kappa shape index (κ2) is 7.97. The van der Waals surface area contributed by atoms with Crippen LogP contribution in [0.4, 0.5) is 13.2 Å². The Morgan fingerprint density at radius 2 is 1.80 bits per heavy atom. The van der Waals surface area contributed by atoms with Gasteiger partial charge >= 0.3 is 6.18 Å². The molecule has 0 spiro atoms. The summed E-state index contributed by atoms with van der Waals surface area (Å²) < 4.78 is 35.5. The lowest BCUT2D eigenvalue weighted by Gasteiger charge is -2.16. The molecule has 1 nitrogen and oxygen atoms in total. The molecule has 1 atom stereocenters. The van der Waals surface area contributed by atoms with Crippen molar-refractivity contribution in [1.29, 1.82) is 0 Å². The molecule has 1 N–H and O–H groups in total. The number of alkyl halides is 3. The minimum atomic E-state index is -4.01. The van der Waals surface area contributed by atoms with E-state index in [1.165, 1.54) is 0 Å². The van der Waals surface area contributed by atoms with Gasteiger partial charge in [-0.25, -0.2) is 0 Å². The zero-order chi connectivity index (χ0) is 11.7. The molecule has 0 fully saturated rings. The third-order valence-corrected chi connectivity index (χ3v) is 2.47. The van der Waals surface area contributed by atoms with Crippen molar-refractivity contribution in [3.8, 4) is 0 Å². The van der Waals surface area contributed by atoms with Gasteiger partial charge in [-0.2, -0.15) is 13.2 Å². The lowest BCUT2D eigenvalue weighted by molar-refractivity contribution is -0.135. The van der Waals surface area contributed by atoms with E-state index in [-0.39, 0.29) is 6.42 Å². The predicted molar refractivity (Wildman–Crippen MR) is 56.9 cm³/mol. The van der Waals surface area contributed by atoms with E-state index in [4.69, 9.17) is 0 Å². The molecule has 0 rings (SSSR count). The summed E-state index contributed by atoms with van der Waals surface area (Å²) in [4.78, 5) is 0. The molecule has 0 aromatic rings. The van der Waals surface area contributed by atoms with Gasteiger partial charge < -0.3 is 5.32 Å². The molecule has 0 aromatic heterocycles. The Morgan fingerprint density at radius 3 is 2.27 bits per heavy atom. The first kappa shape index (κ1) is 14.8. The van der Waals surface area contributed by atoms with Gasteiger partial charge in [0.15, 0.2) is 0 Å². The second-order valence-corrected chi connectivity index (χ2v) is 3.92. The third-order valence-electron chi connectivity index (χ3n) is 2.47. The minimum absolute atomic E-state index is 0.187. The highest BCUT2D eigenvalue weighted by Crippen LogP contribution is 2.20. The highest BCUT2D eigenvalue weighted by atomic mass is 19.4. The monoisotopic (exact) mass is 225 g/mol. The fourth-order valence-corrected chi connectivity index (χ4v) is 1.50. The molecule has 0 aliphatic rings. The summed E-state index contributed by atoms with van der Waals surface area (Å²) in [6.07, 6.45) is -0.153. The summed E-state index contributed by atoms with van der Waals surface area (Å²) in [5.74, 6) is 0. The Hall–Kier alpha value is -0.250. The molecule has 1 unspecified atom stereocenters. The SMILES string of the molecule is CCCCC(CC)NCCCC(F)(F)F. The van der Waals surface area contributed by atoms with Gasteiger partial charge in [0.05, 0.1) is 0 Å². The van der Waals surface area contributed by atoms with E-state index in [1.807, 2.05) is 0 Å². The molecule has 0 bridgehead atoms. The van der Waals surface area contributed by atoms with Crippen molar-refractivity contribution >= 4 is 0 Å². The van der Waals surface area contributed by atoms with E-state index < -0.39 is 12.6 Å². The number of hydrogen-bond donors (Lipinski definition) is 1. The Labute approximate surface area is 90.4 Å². The first-order chi connectivity index (χ1) is 6.99. The lowest BCUT2D eigenvalue weighted by atomic mass is 10.1. The summed E-state index contributed by atoms with van der Waals surface area (Å²) in [7, 11) is 0. The molecule has 0 saturated heterocycles. The Morgan fingerprint density at radius 1 is 1.13 bits per heavy atom. The van der Waals surface area contributed by atoms with Crippen LogP contribution in [0, 0.1) is 0 Å². The van der Waals surface area contributed by atoms with Crippen LogP contribution in [0.15, 0.2) is 0 Å². The molecular weight excluding hydrogens is 203 g/mol. The molecule has 0 aromatic carbocycles. The lowest BCUT2D eigenvalue weighted by Crippen LogP contribution is -2.29. The van der Waals surface area contributed by atoms with Gasteiger partial charge in [-0.3, -0.25) is 0 Å². The van der Waals surface area contributed by atoms with Gasteiger partial charge in [-0.1, -0.05) is 26.7 Å². The minimum Gasteiger partial charge on any atom is -0.314 e. The van der Waals surface area contributed by atoms with Crippen molar-refractivity contribution in [3.05, 3.63) is 0 Å². The van der Waals surface area contributed by atoms with Crippen LogP contribution in [-0.2, 0) is 0 Å². The van der Waals surface area contributed by atoms with E-state index in [0.717, 1.165) is 25.7 Å². The van der Waals surface area contributed by atoms with Crippen LogP contribution in [0.3, 0.4) is 0 Å². The summed E-state index contributed by atoms with van der Waals surface area (Å²) in [5, 5.41) is 3.18. The van der Waals surface area contributed by atoms with E-state index in [9.17, 15) is 13.2 Å². The van der Waals surface area contributed by atoms with E-state index in [0.29, 0.717) is 12.6 Å². The molecule has 92 valence electrons. The van der Waals surface area contributed by atoms with Crippen LogP contribution in [-0.4, -0.2) is 18.8 Å². The van der Waals surface area contributed by atoms with Gasteiger partial charge in [0.25, 0.3) is 0 Å². The molecule has 0 aliphatic carbocycles. The summed E-state index contributed by atoms with van der Waals surface area (Å²) >= 11 is 0. The number of hydrogen-bond acceptors (Lipinski definition) is 1. The van der Waals surface area contributed by atoms with Crippen molar-refractivity contribution in [1.82, 2.24) is 5.32 Å². The average molecular weight is 225 g/mol. The van der Waals surface area contributed by atoms with Crippen molar-refractivity contribution in [2.75, 3.05) is 6.54 Å². The highest BCUT2D eigenvalue weighted by Gasteiger charge is 2.25. The maximum Gasteiger partial charge on any atom is 0.389 e. The molecule has 0 amide bonds. The maximum atomic E-state index is 11.8. The predicted octanol–water partition coefficient (Wildman–Crippen LogP) is 3.89. The Kier molecular flexibility index (Phi) is 7.83. The zero-order valence-corrected chi connectivity index (χ0v) is 9.66. The number of unbranched alkanes of at least 4 members (excludes halogenated alkanes) is 1. The summed E-state index contributed by atoms with van der Waals surface area (Å²) in [6.45, 7) is 4.66. The fraction of sp³-hybridized carbons (Fsp3) is 1.00. The highest BCUT2D eigenvalue weighted by molar-refractivity contribution is 4.65. The zero-order valence-electron chi connectivity index (χ0n) is 9.66.